The average molecular weight is 221 g/mol. The van der Waals surface area contributed by atoms with Crippen LogP contribution < -0.4 is 5.73 Å². The highest BCUT2D eigenvalue weighted by Crippen LogP contribution is 2.20. The Morgan fingerprint density at radius 3 is 2.67 bits per heavy atom. The van der Waals surface area contributed by atoms with Crippen molar-refractivity contribution in [2.24, 2.45) is 5.73 Å². The van der Waals surface area contributed by atoms with Crippen molar-refractivity contribution in [2.75, 3.05) is 6.54 Å². The predicted molar refractivity (Wildman–Crippen MR) is 56.4 cm³/mol. The Balaban J connectivity index is 2.41. The molecule has 2 N–H and O–H groups in total. The molecule has 0 unspecified atom stereocenters. The van der Waals surface area contributed by atoms with Crippen LogP contribution in [-0.2, 0) is 0 Å². The minimum absolute atomic E-state index is 0.0261. The standard InChI is InChI=1S/C9H7N3O2S/c10-7(15)4-12-8(13)5-1-2-11-3-6(5)9(12)14/h1-3H,4H2,(H2,10,15). The van der Waals surface area contributed by atoms with Gasteiger partial charge >= 0.3 is 0 Å². The summed E-state index contributed by atoms with van der Waals surface area (Å²) in [6.45, 7) is -0.0261. The molecule has 0 spiro atoms. The van der Waals surface area contributed by atoms with Crippen molar-refractivity contribution in [3.05, 3.63) is 29.6 Å². The van der Waals surface area contributed by atoms with E-state index in [0.717, 1.165) is 4.90 Å². The van der Waals surface area contributed by atoms with Crippen LogP contribution >= 0.6 is 12.2 Å². The fourth-order valence-corrected chi connectivity index (χ4v) is 1.56. The van der Waals surface area contributed by atoms with Gasteiger partial charge in [0.15, 0.2) is 0 Å². The molecule has 0 radical (unpaired) electrons. The number of nitrogens with zero attached hydrogens (tertiary/aromatic N) is 2. The van der Waals surface area contributed by atoms with E-state index in [1.54, 1.807) is 0 Å². The Hall–Kier alpha value is -1.82. The number of carbonyl (C=O) groups is 2. The number of pyridine rings is 1. The van der Waals surface area contributed by atoms with E-state index in [1.807, 2.05) is 0 Å². The smallest absolute Gasteiger partial charge is 0.263 e. The highest BCUT2D eigenvalue weighted by Gasteiger charge is 2.35. The van der Waals surface area contributed by atoms with E-state index in [-0.39, 0.29) is 17.4 Å². The van der Waals surface area contributed by atoms with Crippen molar-refractivity contribution < 1.29 is 9.59 Å². The zero-order valence-corrected chi connectivity index (χ0v) is 8.45. The zero-order valence-electron chi connectivity index (χ0n) is 7.64. The second-order valence-electron chi connectivity index (χ2n) is 3.08. The van der Waals surface area contributed by atoms with Crippen molar-refractivity contribution in [2.45, 2.75) is 0 Å². The van der Waals surface area contributed by atoms with Gasteiger partial charge in [-0.25, -0.2) is 0 Å². The Morgan fingerprint density at radius 2 is 2.07 bits per heavy atom. The van der Waals surface area contributed by atoms with Crippen LogP contribution in [0, 0.1) is 0 Å². The first-order valence-corrected chi connectivity index (χ1v) is 4.60. The molecular weight excluding hydrogens is 214 g/mol. The first-order valence-electron chi connectivity index (χ1n) is 4.20. The number of hydrogen-bond acceptors (Lipinski definition) is 4. The number of imide groups is 1. The van der Waals surface area contributed by atoms with Gasteiger partial charge in [-0.2, -0.15) is 0 Å². The lowest BCUT2D eigenvalue weighted by Crippen LogP contribution is -2.36. The quantitative estimate of drug-likeness (QED) is 0.560. The topological polar surface area (TPSA) is 76.3 Å². The van der Waals surface area contributed by atoms with Crippen molar-refractivity contribution >= 4 is 29.0 Å². The third kappa shape index (κ3) is 1.48. The third-order valence-corrected chi connectivity index (χ3v) is 2.22. The first-order chi connectivity index (χ1) is 7.11. The molecule has 0 saturated carbocycles. The summed E-state index contributed by atoms with van der Waals surface area (Å²) in [5.41, 5.74) is 5.96. The zero-order chi connectivity index (χ0) is 11.0. The molecule has 1 aromatic heterocycles. The average Bonchev–Trinajstić information content (AvgIpc) is 2.44. The minimum Gasteiger partial charge on any atom is -0.392 e. The monoisotopic (exact) mass is 221 g/mol. The molecule has 76 valence electrons. The van der Waals surface area contributed by atoms with Gasteiger partial charge in [0.05, 0.1) is 22.7 Å². The van der Waals surface area contributed by atoms with E-state index in [1.165, 1.54) is 18.5 Å². The first kappa shape index (κ1) is 9.72. The van der Waals surface area contributed by atoms with Gasteiger partial charge in [0, 0.05) is 12.4 Å². The van der Waals surface area contributed by atoms with Crippen LogP contribution in [-0.4, -0.2) is 33.2 Å². The molecule has 1 aromatic rings. The molecule has 2 rings (SSSR count). The summed E-state index contributed by atoms with van der Waals surface area (Å²) in [6.07, 6.45) is 2.84. The Morgan fingerprint density at radius 1 is 1.40 bits per heavy atom. The van der Waals surface area contributed by atoms with Gasteiger partial charge < -0.3 is 5.73 Å². The number of nitrogens with two attached hydrogens (primary N) is 1. The summed E-state index contributed by atoms with van der Waals surface area (Å²) < 4.78 is 0. The van der Waals surface area contributed by atoms with Crippen LogP contribution in [0.1, 0.15) is 20.7 Å². The minimum atomic E-state index is -0.393. The van der Waals surface area contributed by atoms with E-state index in [9.17, 15) is 9.59 Å². The van der Waals surface area contributed by atoms with E-state index >= 15 is 0 Å². The lowest BCUT2D eigenvalue weighted by Gasteiger charge is -2.11. The fourth-order valence-electron chi connectivity index (χ4n) is 1.43. The predicted octanol–water partition coefficient (Wildman–Crippen LogP) is -0.0363. The van der Waals surface area contributed by atoms with Crippen LogP contribution in [0.2, 0.25) is 0 Å². The summed E-state index contributed by atoms with van der Waals surface area (Å²) in [6, 6.07) is 1.51. The van der Waals surface area contributed by atoms with Crippen molar-refractivity contribution in [3.63, 3.8) is 0 Å². The van der Waals surface area contributed by atoms with Gasteiger partial charge in [-0.05, 0) is 6.07 Å². The number of thiocarbonyl (C=S) groups is 1. The van der Waals surface area contributed by atoms with Crippen LogP contribution in [0.15, 0.2) is 18.5 Å². The molecular formula is C9H7N3O2S. The molecule has 2 heterocycles. The van der Waals surface area contributed by atoms with Crippen LogP contribution in [0.5, 0.6) is 0 Å². The van der Waals surface area contributed by atoms with Gasteiger partial charge in [-0.15, -0.1) is 0 Å². The molecule has 0 bridgehead atoms. The summed E-state index contributed by atoms with van der Waals surface area (Å²) in [7, 11) is 0. The molecule has 15 heavy (non-hydrogen) atoms. The maximum atomic E-state index is 11.7. The van der Waals surface area contributed by atoms with Crippen molar-refractivity contribution in [1.82, 2.24) is 9.88 Å². The van der Waals surface area contributed by atoms with Crippen molar-refractivity contribution in [3.8, 4) is 0 Å². The Labute approximate surface area is 90.9 Å². The van der Waals surface area contributed by atoms with E-state index < -0.39 is 5.91 Å². The second kappa shape index (κ2) is 3.39. The van der Waals surface area contributed by atoms with Crippen LogP contribution in [0.3, 0.4) is 0 Å². The lowest BCUT2D eigenvalue weighted by molar-refractivity contribution is 0.0678. The SMILES string of the molecule is NC(=S)CN1C(=O)c2ccncc2C1=O. The molecule has 0 aliphatic carbocycles. The normalized spacial score (nSPS) is 14.3. The van der Waals surface area contributed by atoms with Gasteiger partial charge in [-0.1, -0.05) is 12.2 Å². The molecule has 0 aromatic carbocycles. The molecule has 6 heteroatoms. The van der Waals surface area contributed by atoms with E-state index in [0.29, 0.717) is 11.1 Å². The number of rotatable bonds is 2. The molecule has 0 saturated heterocycles. The largest absolute Gasteiger partial charge is 0.392 e. The highest BCUT2D eigenvalue weighted by atomic mass is 32.1. The molecule has 0 atom stereocenters. The number of fused-ring (bicyclic) bond motifs is 1. The Kier molecular flexibility index (Phi) is 2.20. The molecule has 1 aliphatic rings. The van der Waals surface area contributed by atoms with Gasteiger partial charge in [0.1, 0.15) is 0 Å². The van der Waals surface area contributed by atoms with E-state index in [4.69, 9.17) is 5.73 Å². The van der Waals surface area contributed by atoms with Gasteiger partial charge in [-0.3, -0.25) is 19.5 Å². The second-order valence-corrected chi connectivity index (χ2v) is 3.61. The molecule has 0 fully saturated rings. The van der Waals surface area contributed by atoms with Crippen LogP contribution in [0.25, 0.3) is 0 Å². The molecule has 2 amide bonds. The number of carbonyl (C=O) groups excluding carboxylic acids is 2. The fraction of sp³-hybridized carbons (Fsp3) is 0.111. The summed E-state index contributed by atoms with van der Waals surface area (Å²) in [5, 5.41) is 0. The van der Waals surface area contributed by atoms with Crippen molar-refractivity contribution in [1.29, 1.82) is 0 Å². The summed E-state index contributed by atoms with van der Waals surface area (Å²) in [5.74, 6) is -0.763. The highest BCUT2D eigenvalue weighted by molar-refractivity contribution is 7.80. The number of amides is 2. The molecule has 1 aliphatic heterocycles. The maximum absolute atomic E-state index is 11.7. The van der Waals surface area contributed by atoms with E-state index in [2.05, 4.69) is 17.2 Å². The Bertz CT molecular complexity index is 437. The molecule has 5 nitrogen and oxygen atoms in total. The number of aromatic nitrogens is 1. The van der Waals surface area contributed by atoms with Crippen LogP contribution in [0.4, 0.5) is 0 Å². The van der Waals surface area contributed by atoms with Gasteiger partial charge in [0.2, 0.25) is 0 Å². The summed E-state index contributed by atoms with van der Waals surface area (Å²) in [4.78, 5) is 28.3. The van der Waals surface area contributed by atoms with Gasteiger partial charge in [0.25, 0.3) is 11.8 Å². The summed E-state index contributed by atoms with van der Waals surface area (Å²) >= 11 is 4.66. The third-order valence-electron chi connectivity index (χ3n) is 2.09. The maximum Gasteiger partial charge on any atom is 0.263 e. The lowest BCUT2D eigenvalue weighted by atomic mass is 10.2. The number of hydrogen-bond donors (Lipinski definition) is 1.